The van der Waals surface area contributed by atoms with Crippen molar-refractivity contribution in [2.24, 2.45) is 0 Å². The van der Waals surface area contributed by atoms with E-state index in [-0.39, 0.29) is 11.5 Å². The number of unbranched alkanes of at least 4 members (excludes halogenated alkanes) is 1. The SMILES string of the molecule is C=C(C)C(=O)O.C=CC#N.C=CC(=O)OCCCC. The lowest BCUT2D eigenvalue weighted by Crippen LogP contribution is -2.00. The van der Waals surface area contributed by atoms with Crippen molar-refractivity contribution in [3.8, 4) is 6.07 Å². The van der Waals surface area contributed by atoms with E-state index in [9.17, 15) is 9.59 Å². The molecule has 0 rings (SSSR count). The van der Waals surface area contributed by atoms with Crippen LogP contribution in [0.2, 0.25) is 0 Å². The molecule has 0 unspecified atom stereocenters. The number of hydrogen-bond donors (Lipinski definition) is 1. The molecule has 0 bridgehead atoms. The molecule has 0 aliphatic heterocycles. The lowest BCUT2D eigenvalue weighted by atomic mass is 10.4. The smallest absolute Gasteiger partial charge is 0.330 e. The number of ether oxygens (including phenoxy) is 1. The van der Waals surface area contributed by atoms with E-state index in [1.807, 2.05) is 6.92 Å². The summed E-state index contributed by atoms with van der Waals surface area (Å²) in [6, 6.07) is 1.69. The van der Waals surface area contributed by atoms with Gasteiger partial charge in [0.05, 0.1) is 12.7 Å². The number of allylic oxidation sites excluding steroid dienone is 1. The molecule has 0 aliphatic rings. The molecule has 0 aromatic rings. The Morgan fingerprint density at radius 1 is 1.42 bits per heavy atom. The molecule has 1 N–H and O–H groups in total. The predicted molar refractivity (Wildman–Crippen MR) is 74.3 cm³/mol. The molecule has 0 fully saturated rings. The monoisotopic (exact) mass is 267 g/mol. The van der Waals surface area contributed by atoms with Gasteiger partial charge in [-0.15, -0.1) is 0 Å². The largest absolute Gasteiger partial charge is 0.478 e. The van der Waals surface area contributed by atoms with Crippen molar-refractivity contribution in [3.63, 3.8) is 0 Å². The predicted octanol–water partition coefficient (Wildman–Crippen LogP) is 2.86. The number of carbonyl (C=O) groups is 2. The second-order valence-electron chi connectivity index (χ2n) is 3.14. The van der Waals surface area contributed by atoms with E-state index in [1.165, 1.54) is 19.1 Å². The number of nitrogens with zero attached hydrogens (tertiary/aromatic N) is 1. The zero-order valence-electron chi connectivity index (χ0n) is 11.5. The number of carboxylic acid groups (broad SMARTS) is 1. The molecule has 0 amide bonds. The first kappa shape index (κ1) is 21.9. The molecule has 19 heavy (non-hydrogen) atoms. The molecule has 0 atom stereocenters. The minimum absolute atomic E-state index is 0.176. The Bertz CT molecular complexity index is 328. The standard InChI is InChI=1S/C7H12O2.C4H6O2.C3H3N/c1-3-5-6-9-7(8)4-2;1-3(2)4(5)6;1-2-3-4/h4H,2-3,5-6H2,1H3;1H2,2H3,(H,5,6);2H,1H2. The van der Waals surface area contributed by atoms with Crippen LogP contribution in [0, 0.1) is 11.3 Å². The van der Waals surface area contributed by atoms with Crippen molar-refractivity contribution in [2.45, 2.75) is 26.7 Å². The maximum Gasteiger partial charge on any atom is 0.330 e. The topological polar surface area (TPSA) is 87.4 Å². The molecular weight excluding hydrogens is 246 g/mol. The molecule has 5 nitrogen and oxygen atoms in total. The second-order valence-corrected chi connectivity index (χ2v) is 3.14. The summed E-state index contributed by atoms with van der Waals surface area (Å²) in [7, 11) is 0. The number of esters is 1. The van der Waals surface area contributed by atoms with Gasteiger partial charge in [0.2, 0.25) is 0 Å². The fourth-order valence-corrected chi connectivity index (χ4v) is 0.376. The Balaban J connectivity index is -0.000000222. The zero-order chi connectivity index (χ0) is 15.7. The quantitative estimate of drug-likeness (QED) is 0.358. The summed E-state index contributed by atoms with van der Waals surface area (Å²) >= 11 is 0. The molecule has 0 radical (unpaired) electrons. The van der Waals surface area contributed by atoms with Crippen molar-refractivity contribution < 1.29 is 19.4 Å². The number of rotatable bonds is 5. The van der Waals surface area contributed by atoms with E-state index in [0.29, 0.717) is 6.61 Å². The number of aliphatic carboxylic acids is 1. The van der Waals surface area contributed by atoms with Crippen LogP contribution in [-0.2, 0) is 14.3 Å². The van der Waals surface area contributed by atoms with E-state index in [2.05, 4.69) is 24.5 Å². The molecule has 5 heteroatoms. The average Bonchev–Trinajstić information content (AvgIpc) is 2.39. The molecule has 106 valence electrons. The fraction of sp³-hybridized carbons (Fsp3) is 0.357. The summed E-state index contributed by atoms with van der Waals surface area (Å²) in [6.45, 7) is 13.5. The Kier molecular flexibility index (Phi) is 20.8. The highest BCUT2D eigenvalue weighted by Crippen LogP contribution is 1.88. The number of hydrogen-bond acceptors (Lipinski definition) is 4. The first-order valence-corrected chi connectivity index (χ1v) is 5.55. The van der Waals surface area contributed by atoms with E-state index in [4.69, 9.17) is 10.4 Å². The van der Waals surface area contributed by atoms with Crippen LogP contribution in [0.5, 0.6) is 0 Å². The number of nitriles is 1. The second kappa shape index (κ2) is 18.0. The van der Waals surface area contributed by atoms with Gasteiger partial charge in [0.1, 0.15) is 0 Å². The van der Waals surface area contributed by atoms with Gasteiger partial charge in [0.25, 0.3) is 0 Å². The Hall–Kier alpha value is -2.35. The van der Waals surface area contributed by atoms with Gasteiger partial charge < -0.3 is 9.84 Å². The molecule has 0 heterocycles. The summed E-state index contributed by atoms with van der Waals surface area (Å²) in [4.78, 5) is 19.9. The van der Waals surface area contributed by atoms with E-state index >= 15 is 0 Å². The third-order valence-electron chi connectivity index (χ3n) is 1.37. The van der Waals surface area contributed by atoms with Crippen molar-refractivity contribution in [3.05, 3.63) is 37.5 Å². The van der Waals surface area contributed by atoms with Gasteiger partial charge in [-0.2, -0.15) is 5.26 Å². The zero-order valence-corrected chi connectivity index (χ0v) is 11.5. The van der Waals surface area contributed by atoms with Crippen LogP contribution in [0.15, 0.2) is 37.5 Å². The molecule has 0 saturated carbocycles. The van der Waals surface area contributed by atoms with E-state index in [0.717, 1.165) is 12.8 Å². The maximum absolute atomic E-state index is 10.3. The van der Waals surface area contributed by atoms with Gasteiger partial charge in [0.15, 0.2) is 0 Å². The normalized spacial score (nSPS) is 7.21. The number of carboxylic acids is 1. The first-order chi connectivity index (χ1) is 8.87. The molecule has 0 saturated heterocycles. The van der Waals surface area contributed by atoms with Gasteiger partial charge >= 0.3 is 11.9 Å². The molecule has 0 aliphatic carbocycles. The van der Waals surface area contributed by atoms with Gasteiger partial charge in [-0.1, -0.05) is 33.1 Å². The minimum atomic E-state index is -0.935. The Morgan fingerprint density at radius 3 is 2.05 bits per heavy atom. The van der Waals surface area contributed by atoms with Crippen LogP contribution in [0.1, 0.15) is 26.7 Å². The maximum atomic E-state index is 10.3. The number of carbonyl (C=O) groups excluding carboxylic acids is 1. The summed E-state index contributed by atoms with van der Waals surface area (Å²) in [5, 5.41) is 15.4. The molecule has 0 spiro atoms. The lowest BCUT2D eigenvalue weighted by molar-refractivity contribution is -0.138. The summed E-state index contributed by atoms with van der Waals surface area (Å²) in [5.41, 5.74) is 0.176. The lowest BCUT2D eigenvalue weighted by Gasteiger charge is -1.97. The van der Waals surface area contributed by atoms with Crippen LogP contribution < -0.4 is 0 Å². The molecule has 0 aromatic carbocycles. The minimum Gasteiger partial charge on any atom is -0.478 e. The van der Waals surface area contributed by atoms with Crippen LogP contribution in [-0.4, -0.2) is 23.7 Å². The highest BCUT2D eigenvalue weighted by Gasteiger charge is 1.91. The van der Waals surface area contributed by atoms with Crippen molar-refractivity contribution >= 4 is 11.9 Å². The summed E-state index contributed by atoms with van der Waals surface area (Å²) in [6.07, 6.45) is 4.33. The average molecular weight is 267 g/mol. The van der Waals surface area contributed by atoms with E-state index in [1.54, 1.807) is 6.07 Å². The van der Waals surface area contributed by atoms with Crippen molar-refractivity contribution in [2.75, 3.05) is 6.61 Å². The summed E-state index contributed by atoms with van der Waals surface area (Å²) in [5.74, 6) is -1.27. The van der Waals surface area contributed by atoms with Crippen LogP contribution >= 0.6 is 0 Å². The van der Waals surface area contributed by atoms with Gasteiger partial charge in [-0.05, 0) is 13.3 Å². The van der Waals surface area contributed by atoms with Crippen molar-refractivity contribution in [1.29, 1.82) is 5.26 Å². The van der Waals surface area contributed by atoms with Crippen LogP contribution in [0.4, 0.5) is 0 Å². The molecular formula is C14H21NO4. The molecule has 0 aromatic heterocycles. The van der Waals surface area contributed by atoms with Crippen LogP contribution in [0.3, 0.4) is 0 Å². The van der Waals surface area contributed by atoms with Gasteiger partial charge in [-0.3, -0.25) is 0 Å². The van der Waals surface area contributed by atoms with Crippen molar-refractivity contribution in [1.82, 2.24) is 0 Å². The highest BCUT2D eigenvalue weighted by atomic mass is 16.5. The highest BCUT2D eigenvalue weighted by molar-refractivity contribution is 5.84. The van der Waals surface area contributed by atoms with Crippen LogP contribution in [0.25, 0.3) is 0 Å². The van der Waals surface area contributed by atoms with Gasteiger partial charge in [0, 0.05) is 17.7 Å². The Morgan fingerprint density at radius 2 is 1.84 bits per heavy atom. The fourth-order valence-electron chi connectivity index (χ4n) is 0.376. The third kappa shape index (κ3) is 31.3. The summed E-state index contributed by atoms with van der Waals surface area (Å²) < 4.78 is 4.67. The van der Waals surface area contributed by atoms with E-state index < -0.39 is 5.97 Å². The Labute approximate surface area is 114 Å². The van der Waals surface area contributed by atoms with Gasteiger partial charge in [-0.25, -0.2) is 9.59 Å². The first-order valence-electron chi connectivity index (χ1n) is 5.55. The third-order valence-corrected chi connectivity index (χ3v) is 1.37.